The second kappa shape index (κ2) is 9.65. The summed E-state index contributed by atoms with van der Waals surface area (Å²) in [5.41, 5.74) is 4.01. The minimum Gasteiger partial charge on any atom is -0.454 e. The molecule has 0 heterocycles. The van der Waals surface area contributed by atoms with E-state index in [1.54, 1.807) is 31.2 Å². The monoisotopic (exact) mass is 401 g/mol. The fourth-order valence-corrected chi connectivity index (χ4v) is 3.06. The van der Waals surface area contributed by atoms with E-state index < -0.39 is 12.1 Å². The second-order valence-electron chi connectivity index (χ2n) is 6.99. The van der Waals surface area contributed by atoms with Gasteiger partial charge in [0.05, 0.1) is 6.42 Å². The highest BCUT2D eigenvalue weighted by molar-refractivity contribution is 6.00. The minimum absolute atomic E-state index is 0.0914. The molecule has 0 radical (unpaired) electrons. The van der Waals surface area contributed by atoms with Crippen molar-refractivity contribution in [2.45, 2.75) is 26.4 Å². The number of amides is 1. The molecular weight excluding hydrogens is 378 g/mol. The van der Waals surface area contributed by atoms with Gasteiger partial charge in [0.15, 0.2) is 6.10 Å². The summed E-state index contributed by atoms with van der Waals surface area (Å²) in [6.07, 6.45) is -0.804. The number of carbonyl (C=O) groups excluding carboxylic acids is 3. The zero-order valence-corrected chi connectivity index (χ0v) is 16.9. The first-order valence-corrected chi connectivity index (χ1v) is 9.68. The lowest BCUT2D eigenvalue weighted by Crippen LogP contribution is -2.25. The number of rotatable bonds is 7. The van der Waals surface area contributed by atoms with Gasteiger partial charge in [0, 0.05) is 18.2 Å². The predicted octanol–water partition coefficient (Wildman–Crippen LogP) is 4.67. The summed E-state index contributed by atoms with van der Waals surface area (Å²) in [4.78, 5) is 35.8. The number of ketones is 1. The first-order chi connectivity index (χ1) is 14.4. The molecule has 3 aromatic carbocycles. The van der Waals surface area contributed by atoms with Crippen LogP contribution in [-0.4, -0.2) is 23.8 Å². The van der Waals surface area contributed by atoms with Gasteiger partial charge in [0.1, 0.15) is 0 Å². The van der Waals surface area contributed by atoms with Crippen molar-refractivity contribution in [2.24, 2.45) is 0 Å². The molecule has 30 heavy (non-hydrogen) atoms. The summed E-state index contributed by atoms with van der Waals surface area (Å²) >= 11 is 0. The van der Waals surface area contributed by atoms with Gasteiger partial charge in [-0.05, 0) is 47.9 Å². The number of hydrogen-bond acceptors (Lipinski definition) is 4. The van der Waals surface area contributed by atoms with Crippen LogP contribution in [0.3, 0.4) is 0 Å². The Labute approximate surface area is 175 Å². The number of esters is 1. The SMILES string of the molecule is CC(=O)Nc1ccc(C(=O)C(C)OC(=O)Cc2ccc(-c3ccccc3)cc2)cc1. The number of ether oxygens (including phenoxy) is 1. The Bertz CT molecular complexity index is 1030. The Hall–Kier alpha value is -3.73. The van der Waals surface area contributed by atoms with E-state index in [9.17, 15) is 14.4 Å². The molecule has 0 bridgehead atoms. The highest BCUT2D eigenvalue weighted by Crippen LogP contribution is 2.20. The van der Waals surface area contributed by atoms with E-state index in [4.69, 9.17) is 4.74 Å². The fraction of sp³-hybridized carbons (Fsp3) is 0.160. The standard InChI is InChI=1S/C25H23NO4/c1-17(25(29)22-12-14-23(15-13-22)26-18(2)27)30-24(28)16-19-8-10-21(11-9-19)20-6-4-3-5-7-20/h3-15,17H,16H2,1-2H3,(H,26,27). The van der Waals surface area contributed by atoms with Crippen molar-refractivity contribution in [3.05, 3.63) is 90.0 Å². The van der Waals surface area contributed by atoms with Crippen LogP contribution in [0.2, 0.25) is 0 Å². The first-order valence-electron chi connectivity index (χ1n) is 9.68. The molecule has 1 amide bonds. The molecule has 152 valence electrons. The van der Waals surface area contributed by atoms with Crippen molar-refractivity contribution in [1.82, 2.24) is 0 Å². The zero-order valence-electron chi connectivity index (χ0n) is 16.9. The van der Waals surface area contributed by atoms with E-state index in [0.717, 1.165) is 16.7 Å². The minimum atomic E-state index is -0.896. The van der Waals surface area contributed by atoms with Gasteiger partial charge in [0.25, 0.3) is 0 Å². The third-order valence-electron chi connectivity index (χ3n) is 4.58. The number of hydrogen-bond donors (Lipinski definition) is 1. The number of anilines is 1. The molecule has 0 fully saturated rings. The third-order valence-corrected chi connectivity index (χ3v) is 4.58. The Balaban J connectivity index is 1.56. The fourth-order valence-electron chi connectivity index (χ4n) is 3.06. The molecule has 3 aromatic rings. The molecular formula is C25H23NO4. The van der Waals surface area contributed by atoms with Crippen LogP contribution in [0, 0.1) is 0 Å². The first kappa shape index (κ1) is 21.0. The molecule has 0 saturated heterocycles. The predicted molar refractivity (Wildman–Crippen MR) is 116 cm³/mol. The lowest BCUT2D eigenvalue weighted by molar-refractivity contribution is -0.145. The maximum absolute atomic E-state index is 12.5. The summed E-state index contributed by atoms with van der Waals surface area (Å²) in [6.45, 7) is 2.97. The summed E-state index contributed by atoms with van der Waals surface area (Å²) in [7, 11) is 0. The average Bonchev–Trinajstić information content (AvgIpc) is 2.74. The van der Waals surface area contributed by atoms with Crippen LogP contribution in [0.4, 0.5) is 5.69 Å². The quantitative estimate of drug-likeness (QED) is 0.461. The average molecular weight is 401 g/mol. The molecule has 5 nitrogen and oxygen atoms in total. The maximum atomic E-state index is 12.5. The van der Waals surface area contributed by atoms with E-state index >= 15 is 0 Å². The van der Waals surface area contributed by atoms with Crippen LogP contribution in [0.1, 0.15) is 29.8 Å². The summed E-state index contributed by atoms with van der Waals surface area (Å²) in [6, 6.07) is 24.1. The van der Waals surface area contributed by atoms with Crippen LogP contribution < -0.4 is 5.32 Å². The number of benzene rings is 3. The molecule has 0 aromatic heterocycles. The number of Topliss-reactive ketones (excluding diaryl/α,β-unsaturated/α-hetero) is 1. The normalized spacial score (nSPS) is 11.4. The van der Waals surface area contributed by atoms with Crippen molar-refractivity contribution in [3.8, 4) is 11.1 Å². The Morgan fingerprint density at radius 2 is 1.43 bits per heavy atom. The number of carbonyl (C=O) groups is 3. The maximum Gasteiger partial charge on any atom is 0.310 e. The molecule has 1 unspecified atom stereocenters. The van der Waals surface area contributed by atoms with Gasteiger partial charge >= 0.3 is 5.97 Å². The summed E-state index contributed by atoms with van der Waals surface area (Å²) in [5, 5.41) is 2.64. The summed E-state index contributed by atoms with van der Waals surface area (Å²) < 4.78 is 5.32. The van der Waals surface area contributed by atoms with Crippen molar-refractivity contribution in [3.63, 3.8) is 0 Å². The van der Waals surface area contributed by atoms with E-state index in [2.05, 4.69) is 5.32 Å². The van der Waals surface area contributed by atoms with Gasteiger partial charge in [-0.1, -0.05) is 54.6 Å². The summed E-state index contributed by atoms with van der Waals surface area (Å²) in [5.74, 6) is -0.941. The Morgan fingerprint density at radius 1 is 0.833 bits per heavy atom. The highest BCUT2D eigenvalue weighted by atomic mass is 16.5. The van der Waals surface area contributed by atoms with Gasteiger partial charge in [0.2, 0.25) is 11.7 Å². The Kier molecular flexibility index (Phi) is 6.75. The van der Waals surface area contributed by atoms with E-state index in [-0.39, 0.29) is 18.1 Å². The largest absolute Gasteiger partial charge is 0.454 e. The topological polar surface area (TPSA) is 72.5 Å². The molecule has 1 atom stereocenters. The molecule has 0 aliphatic carbocycles. The molecule has 0 aliphatic heterocycles. The van der Waals surface area contributed by atoms with Crippen LogP contribution in [0.15, 0.2) is 78.9 Å². The smallest absolute Gasteiger partial charge is 0.310 e. The van der Waals surface area contributed by atoms with Crippen molar-refractivity contribution in [1.29, 1.82) is 0 Å². The zero-order chi connectivity index (χ0) is 21.5. The molecule has 0 saturated carbocycles. The van der Waals surface area contributed by atoms with Crippen LogP contribution in [-0.2, 0) is 20.7 Å². The van der Waals surface area contributed by atoms with Gasteiger partial charge in [-0.3, -0.25) is 14.4 Å². The lowest BCUT2D eigenvalue weighted by atomic mass is 10.0. The third kappa shape index (κ3) is 5.64. The van der Waals surface area contributed by atoms with Gasteiger partial charge < -0.3 is 10.1 Å². The molecule has 5 heteroatoms. The van der Waals surface area contributed by atoms with Crippen molar-refractivity contribution >= 4 is 23.3 Å². The van der Waals surface area contributed by atoms with E-state index in [0.29, 0.717) is 11.3 Å². The van der Waals surface area contributed by atoms with Gasteiger partial charge in [-0.25, -0.2) is 0 Å². The van der Waals surface area contributed by atoms with Crippen LogP contribution >= 0.6 is 0 Å². The molecule has 1 N–H and O–H groups in total. The number of nitrogens with one attached hydrogen (secondary N) is 1. The Morgan fingerprint density at radius 3 is 2.03 bits per heavy atom. The highest BCUT2D eigenvalue weighted by Gasteiger charge is 2.19. The van der Waals surface area contributed by atoms with Crippen LogP contribution in [0.25, 0.3) is 11.1 Å². The van der Waals surface area contributed by atoms with Crippen LogP contribution in [0.5, 0.6) is 0 Å². The molecule has 3 rings (SSSR count). The van der Waals surface area contributed by atoms with Gasteiger partial charge in [-0.2, -0.15) is 0 Å². The van der Waals surface area contributed by atoms with E-state index in [1.165, 1.54) is 6.92 Å². The van der Waals surface area contributed by atoms with Gasteiger partial charge in [-0.15, -0.1) is 0 Å². The molecule has 0 spiro atoms. The van der Waals surface area contributed by atoms with E-state index in [1.807, 2.05) is 54.6 Å². The molecule has 0 aliphatic rings. The van der Waals surface area contributed by atoms with Crippen molar-refractivity contribution in [2.75, 3.05) is 5.32 Å². The lowest BCUT2D eigenvalue weighted by Gasteiger charge is -2.13. The van der Waals surface area contributed by atoms with Crippen molar-refractivity contribution < 1.29 is 19.1 Å². The second-order valence-corrected chi connectivity index (χ2v) is 6.99.